The Bertz CT molecular complexity index is 122. The van der Waals surface area contributed by atoms with E-state index in [1.54, 1.807) is 6.92 Å². The van der Waals surface area contributed by atoms with E-state index in [4.69, 9.17) is 14.6 Å². The Hall–Kier alpha value is -0.160. The standard InChI is InChI=1S/C8H16O4/c1-6(9)2-7(10)3-11-4-8-5-12-8/h6-10H,2-5H2,1H3. The summed E-state index contributed by atoms with van der Waals surface area (Å²) in [6.07, 6.45) is -0.431. The molecular formula is C8H16O4. The molecule has 12 heavy (non-hydrogen) atoms. The normalized spacial score (nSPS) is 26.8. The molecule has 4 nitrogen and oxygen atoms in total. The Kier molecular flexibility index (Phi) is 3.94. The fourth-order valence-electron chi connectivity index (χ4n) is 0.962. The molecule has 3 atom stereocenters. The summed E-state index contributed by atoms with van der Waals surface area (Å²) < 4.78 is 10.0. The van der Waals surface area contributed by atoms with Crippen molar-refractivity contribution in [3.8, 4) is 0 Å². The quantitative estimate of drug-likeness (QED) is 0.537. The highest BCUT2D eigenvalue weighted by atomic mass is 16.6. The van der Waals surface area contributed by atoms with E-state index in [0.717, 1.165) is 6.61 Å². The lowest BCUT2D eigenvalue weighted by molar-refractivity contribution is 0.00638. The maximum absolute atomic E-state index is 9.23. The summed E-state index contributed by atoms with van der Waals surface area (Å²) in [4.78, 5) is 0. The number of hydrogen-bond acceptors (Lipinski definition) is 4. The van der Waals surface area contributed by atoms with Crippen LogP contribution >= 0.6 is 0 Å². The minimum absolute atomic E-state index is 0.240. The first-order valence-corrected chi connectivity index (χ1v) is 4.24. The molecule has 1 aliphatic heterocycles. The Morgan fingerprint density at radius 3 is 2.75 bits per heavy atom. The van der Waals surface area contributed by atoms with Gasteiger partial charge in [0.05, 0.1) is 32.0 Å². The number of aliphatic hydroxyl groups is 2. The van der Waals surface area contributed by atoms with Gasteiger partial charge in [-0.15, -0.1) is 0 Å². The van der Waals surface area contributed by atoms with E-state index in [9.17, 15) is 5.11 Å². The van der Waals surface area contributed by atoms with Crippen LogP contribution in [-0.4, -0.2) is 48.3 Å². The van der Waals surface area contributed by atoms with Gasteiger partial charge in [-0.25, -0.2) is 0 Å². The highest BCUT2D eigenvalue weighted by molar-refractivity contribution is 4.68. The Morgan fingerprint density at radius 1 is 1.58 bits per heavy atom. The lowest BCUT2D eigenvalue weighted by Crippen LogP contribution is -2.21. The van der Waals surface area contributed by atoms with E-state index >= 15 is 0 Å². The highest BCUT2D eigenvalue weighted by Gasteiger charge is 2.22. The van der Waals surface area contributed by atoms with Crippen LogP contribution in [0, 0.1) is 0 Å². The maximum atomic E-state index is 9.23. The van der Waals surface area contributed by atoms with Crippen molar-refractivity contribution in [1.29, 1.82) is 0 Å². The van der Waals surface area contributed by atoms with Gasteiger partial charge in [0.2, 0.25) is 0 Å². The van der Waals surface area contributed by atoms with Crippen molar-refractivity contribution < 1.29 is 19.7 Å². The molecular weight excluding hydrogens is 160 g/mol. The fourth-order valence-corrected chi connectivity index (χ4v) is 0.962. The molecule has 0 aromatic carbocycles. The van der Waals surface area contributed by atoms with E-state index in [0.29, 0.717) is 13.0 Å². The van der Waals surface area contributed by atoms with Gasteiger partial charge in [-0.3, -0.25) is 0 Å². The second kappa shape index (κ2) is 4.77. The van der Waals surface area contributed by atoms with Crippen molar-refractivity contribution in [2.45, 2.75) is 31.7 Å². The summed E-state index contributed by atoms with van der Waals surface area (Å²) in [5.74, 6) is 0. The first kappa shape index (κ1) is 9.92. The van der Waals surface area contributed by atoms with Gasteiger partial charge >= 0.3 is 0 Å². The largest absolute Gasteiger partial charge is 0.393 e. The molecule has 0 radical (unpaired) electrons. The molecule has 1 aliphatic rings. The van der Waals surface area contributed by atoms with Gasteiger partial charge in [0.1, 0.15) is 6.10 Å². The number of hydrogen-bond donors (Lipinski definition) is 2. The van der Waals surface area contributed by atoms with Gasteiger partial charge < -0.3 is 19.7 Å². The smallest absolute Gasteiger partial charge is 0.104 e. The van der Waals surface area contributed by atoms with Crippen LogP contribution in [0.4, 0.5) is 0 Å². The van der Waals surface area contributed by atoms with Crippen molar-refractivity contribution >= 4 is 0 Å². The van der Waals surface area contributed by atoms with Gasteiger partial charge in [0.25, 0.3) is 0 Å². The first-order valence-electron chi connectivity index (χ1n) is 4.24. The van der Waals surface area contributed by atoms with Crippen molar-refractivity contribution in [3.05, 3.63) is 0 Å². The van der Waals surface area contributed by atoms with E-state index < -0.39 is 12.2 Å². The first-order chi connectivity index (χ1) is 5.68. The van der Waals surface area contributed by atoms with Gasteiger partial charge in [0, 0.05) is 6.42 Å². The average molecular weight is 176 g/mol. The summed E-state index contributed by atoms with van der Waals surface area (Å²) in [6.45, 7) is 3.25. The summed E-state index contributed by atoms with van der Waals surface area (Å²) in [7, 11) is 0. The molecule has 1 rings (SSSR count). The lowest BCUT2D eigenvalue weighted by Gasteiger charge is -2.11. The zero-order valence-electron chi connectivity index (χ0n) is 7.27. The molecule has 0 amide bonds. The third-order valence-electron chi connectivity index (χ3n) is 1.63. The number of rotatable bonds is 6. The molecule has 1 fully saturated rings. The van der Waals surface area contributed by atoms with Gasteiger partial charge in [-0.2, -0.15) is 0 Å². The van der Waals surface area contributed by atoms with Gasteiger partial charge in [-0.05, 0) is 6.92 Å². The lowest BCUT2D eigenvalue weighted by atomic mass is 10.2. The molecule has 0 aliphatic carbocycles. The zero-order chi connectivity index (χ0) is 8.97. The maximum Gasteiger partial charge on any atom is 0.104 e. The highest BCUT2D eigenvalue weighted by Crippen LogP contribution is 2.09. The van der Waals surface area contributed by atoms with Crippen LogP contribution in [0.15, 0.2) is 0 Å². The molecule has 2 N–H and O–H groups in total. The van der Waals surface area contributed by atoms with E-state index in [1.165, 1.54) is 0 Å². The van der Waals surface area contributed by atoms with Crippen LogP contribution in [0.3, 0.4) is 0 Å². The summed E-state index contributed by atoms with van der Waals surface area (Å²) in [5.41, 5.74) is 0. The van der Waals surface area contributed by atoms with Gasteiger partial charge in [0.15, 0.2) is 0 Å². The topological polar surface area (TPSA) is 62.2 Å². The van der Waals surface area contributed by atoms with Crippen LogP contribution in [0.5, 0.6) is 0 Å². The number of aliphatic hydroxyl groups excluding tert-OH is 2. The molecule has 1 saturated heterocycles. The van der Waals surface area contributed by atoms with Crippen LogP contribution in [0.25, 0.3) is 0 Å². The molecule has 0 aromatic heterocycles. The predicted octanol–water partition coefficient (Wildman–Crippen LogP) is -0.466. The third-order valence-corrected chi connectivity index (χ3v) is 1.63. The van der Waals surface area contributed by atoms with Crippen LogP contribution < -0.4 is 0 Å². The second-order valence-corrected chi connectivity index (χ2v) is 3.23. The van der Waals surface area contributed by atoms with E-state index in [1.807, 2.05) is 0 Å². The summed E-state index contributed by atoms with van der Waals surface area (Å²) >= 11 is 0. The van der Waals surface area contributed by atoms with Crippen LogP contribution in [0.2, 0.25) is 0 Å². The van der Waals surface area contributed by atoms with Crippen LogP contribution in [-0.2, 0) is 9.47 Å². The molecule has 3 unspecified atom stereocenters. The zero-order valence-corrected chi connectivity index (χ0v) is 7.27. The minimum Gasteiger partial charge on any atom is -0.393 e. The SMILES string of the molecule is CC(O)CC(O)COCC1CO1. The Morgan fingerprint density at radius 2 is 2.25 bits per heavy atom. The Labute approximate surface area is 72.1 Å². The number of epoxide rings is 1. The molecule has 0 spiro atoms. The Balaban J connectivity index is 1.89. The average Bonchev–Trinajstić information content (AvgIpc) is 2.69. The van der Waals surface area contributed by atoms with E-state index in [-0.39, 0.29) is 12.7 Å². The predicted molar refractivity (Wildman–Crippen MR) is 42.9 cm³/mol. The van der Waals surface area contributed by atoms with E-state index in [2.05, 4.69) is 0 Å². The number of ether oxygens (including phenoxy) is 2. The second-order valence-electron chi connectivity index (χ2n) is 3.23. The monoisotopic (exact) mass is 176 g/mol. The molecule has 1 heterocycles. The third kappa shape index (κ3) is 4.66. The van der Waals surface area contributed by atoms with Gasteiger partial charge in [-0.1, -0.05) is 0 Å². The fraction of sp³-hybridized carbons (Fsp3) is 1.00. The molecule has 0 bridgehead atoms. The summed E-state index contributed by atoms with van der Waals surface area (Å²) in [6, 6.07) is 0. The minimum atomic E-state index is -0.566. The summed E-state index contributed by atoms with van der Waals surface area (Å²) in [5, 5.41) is 18.1. The molecule has 0 aromatic rings. The van der Waals surface area contributed by atoms with Crippen molar-refractivity contribution in [3.63, 3.8) is 0 Å². The molecule has 72 valence electrons. The van der Waals surface area contributed by atoms with Crippen molar-refractivity contribution in [2.75, 3.05) is 19.8 Å². The van der Waals surface area contributed by atoms with Crippen molar-refractivity contribution in [2.24, 2.45) is 0 Å². The molecule has 4 heteroatoms. The van der Waals surface area contributed by atoms with Crippen LogP contribution in [0.1, 0.15) is 13.3 Å². The molecule has 0 saturated carbocycles. The van der Waals surface area contributed by atoms with Crippen molar-refractivity contribution in [1.82, 2.24) is 0 Å².